The SMILES string of the molecule is CC(=O)C1(CCCNC(=O)c2ccc(N=C(N)N)cc2)C(=O)N(CC(=O)O)CCN1NC(=O)c1ccc(N=C(N)N)cc1. The van der Waals surface area contributed by atoms with Crippen LogP contribution in [0.4, 0.5) is 11.4 Å². The van der Waals surface area contributed by atoms with Crippen molar-refractivity contribution in [2.45, 2.75) is 25.3 Å². The Balaban J connectivity index is 1.77. The average molecular weight is 595 g/mol. The molecule has 3 amide bonds. The van der Waals surface area contributed by atoms with E-state index in [2.05, 4.69) is 20.7 Å². The highest BCUT2D eigenvalue weighted by atomic mass is 16.4. The standard InChI is InChI=1S/C27H34N10O6/c1-16(38)27(11-2-12-32-22(41)17-3-7-19(8-4-17)33-25(28)29)24(43)36(15-21(39)40)13-14-37(27)35-23(42)18-5-9-20(10-6-18)34-26(30)31/h3-10H,2,11-15H2,1H3,(H,32,41)(H,35,42)(H,39,40)(H4,28,29,33)(H4,30,31,34). The third-order valence-corrected chi connectivity index (χ3v) is 6.62. The van der Waals surface area contributed by atoms with Crippen LogP contribution in [0.5, 0.6) is 0 Å². The zero-order valence-corrected chi connectivity index (χ0v) is 23.4. The number of ketones is 1. The summed E-state index contributed by atoms with van der Waals surface area (Å²) in [5, 5.41) is 13.3. The van der Waals surface area contributed by atoms with E-state index in [0.29, 0.717) is 16.9 Å². The van der Waals surface area contributed by atoms with Crippen molar-refractivity contribution in [1.82, 2.24) is 20.7 Å². The summed E-state index contributed by atoms with van der Waals surface area (Å²) < 4.78 is 0. The molecule has 1 atom stereocenters. The van der Waals surface area contributed by atoms with Gasteiger partial charge in [-0.15, -0.1) is 0 Å². The van der Waals surface area contributed by atoms with Gasteiger partial charge in [-0.25, -0.2) is 9.98 Å². The second kappa shape index (κ2) is 13.9. The largest absolute Gasteiger partial charge is 0.480 e. The Labute approximate surface area is 246 Å². The number of guanidine groups is 2. The first-order valence-electron chi connectivity index (χ1n) is 13.1. The zero-order chi connectivity index (χ0) is 31.7. The number of hydrogen-bond donors (Lipinski definition) is 7. The molecule has 1 saturated heterocycles. The number of nitrogens with one attached hydrogen (secondary N) is 2. The van der Waals surface area contributed by atoms with Crippen molar-refractivity contribution in [3.05, 3.63) is 59.7 Å². The Kier molecular flexibility index (Phi) is 10.4. The molecule has 1 aliphatic heterocycles. The first kappa shape index (κ1) is 32.0. The molecule has 228 valence electrons. The Hall–Kier alpha value is -5.51. The number of piperazine rings is 1. The lowest BCUT2D eigenvalue weighted by Crippen LogP contribution is -2.73. The summed E-state index contributed by atoms with van der Waals surface area (Å²) in [6.07, 6.45) is 0.0222. The van der Waals surface area contributed by atoms with Gasteiger partial charge >= 0.3 is 5.97 Å². The van der Waals surface area contributed by atoms with E-state index in [0.717, 1.165) is 4.90 Å². The van der Waals surface area contributed by atoms with Gasteiger partial charge in [-0.2, -0.15) is 5.01 Å². The first-order valence-corrected chi connectivity index (χ1v) is 13.1. The monoisotopic (exact) mass is 594 g/mol. The summed E-state index contributed by atoms with van der Waals surface area (Å²) in [5.74, 6) is -3.91. The van der Waals surface area contributed by atoms with Crippen LogP contribution in [0, 0.1) is 0 Å². The molecule has 0 radical (unpaired) electrons. The van der Waals surface area contributed by atoms with E-state index < -0.39 is 41.6 Å². The molecule has 16 heteroatoms. The molecule has 2 aromatic rings. The highest BCUT2D eigenvalue weighted by Gasteiger charge is 2.53. The maximum atomic E-state index is 13.7. The number of carboxylic acid groups (broad SMARTS) is 1. The first-order chi connectivity index (χ1) is 20.3. The molecule has 0 aromatic heterocycles. The third-order valence-electron chi connectivity index (χ3n) is 6.62. The summed E-state index contributed by atoms with van der Waals surface area (Å²) in [5.41, 5.74) is 23.6. The molecule has 1 fully saturated rings. The van der Waals surface area contributed by atoms with Crippen LogP contribution in [0.1, 0.15) is 40.5 Å². The number of carboxylic acids is 1. The molecule has 16 nitrogen and oxygen atoms in total. The molecule has 0 bridgehead atoms. The minimum atomic E-state index is -1.91. The Morgan fingerprint density at radius 1 is 0.860 bits per heavy atom. The third kappa shape index (κ3) is 8.04. The van der Waals surface area contributed by atoms with Crippen LogP contribution >= 0.6 is 0 Å². The number of benzene rings is 2. The van der Waals surface area contributed by atoms with Crippen LogP contribution in [0.3, 0.4) is 0 Å². The number of nitrogens with two attached hydrogens (primary N) is 4. The van der Waals surface area contributed by atoms with E-state index in [1.165, 1.54) is 48.3 Å². The number of hydrazine groups is 1. The van der Waals surface area contributed by atoms with Gasteiger partial charge < -0.3 is 38.3 Å². The lowest BCUT2D eigenvalue weighted by Gasteiger charge is -2.47. The van der Waals surface area contributed by atoms with Crippen molar-refractivity contribution >= 4 is 52.8 Å². The van der Waals surface area contributed by atoms with Crippen LogP contribution in [-0.4, -0.2) is 88.1 Å². The van der Waals surface area contributed by atoms with Crippen LogP contribution in [0.2, 0.25) is 0 Å². The molecule has 43 heavy (non-hydrogen) atoms. The number of nitrogens with zero attached hydrogens (tertiary/aromatic N) is 4. The number of rotatable bonds is 12. The van der Waals surface area contributed by atoms with Crippen molar-refractivity contribution < 1.29 is 29.1 Å². The predicted molar refractivity (Wildman–Crippen MR) is 157 cm³/mol. The smallest absolute Gasteiger partial charge is 0.323 e. The van der Waals surface area contributed by atoms with E-state index in [-0.39, 0.29) is 50.0 Å². The van der Waals surface area contributed by atoms with Crippen LogP contribution in [0.15, 0.2) is 58.5 Å². The fourth-order valence-corrected chi connectivity index (χ4v) is 4.62. The fraction of sp³-hybridized carbons (Fsp3) is 0.296. The fourth-order valence-electron chi connectivity index (χ4n) is 4.62. The van der Waals surface area contributed by atoms with Crippen molar-refractivity contribution in [1.29, 1.82) is 0 Å². The molecule has 0 aliphatic carbocycles. The molecule has 2 aromatic carbocycles. The highest BCUT2D eigenvalue weighted by Crippen LogP contribution is 2.29. The number of aliphatic carboxylic acids is 1. The van der Waals surface area contributed by atoms with Crippen LogP contribution < -0.4 is 33.7 Å². The van der Waals surface area contributed by atoms with Gasteiger partial charge in [0.05, 0.1) is 11.4 Å². The molecule has 1 unspecified atom stereocenters. The Morgan fingerprint density at radius 3 is 1.84 bits per heavy atom. The van der Waals surface area contributed by atoms with E-state index >= 15 is 0 Å². The Morgan fingerprint density at radius 2 is 1.37 bits per heavy atom. The minimum absolute atomic E-state index is 0.0229. The van der Waals surface area contributed by atoms with Gasteiger partial charge in [0, 0.05) is 30.8 Å². The van der Waals surface area contributed by atoms with Crippen molar-refractivity contribution in [2.24, 2.45) is 32.9 Å². The van der Waals surface area contributed by atoms with Crippen molar-refractivity contribution in [2.75, 3.05) is 26.2 Å². The van der Waals surface area contributed by atoms with Gasteiger partial charge in [0.15, 0.2) is 23.2 Å². The molecule has 3 rings (SSSR count). The normalized spacial score (nSPS) is 16.6. The Bertz CT molecular complexity index is 1430. The van der Waals surface area contributed by atoms with Gasteiger partial charge in [0.25, 0.3) is 17.7 Å². The van der Waals surface area contributed by atoms with Gasteiger partial charge in [-0.1, -0.05) is 0 Å². The highest BCUT2D eigenvalue weighted by molar-refractivity contribution is 6.11. The molecule has 0 spiro atoms. The second-order valence-electron chi connectivity index (χ2n) is 9.66. The molecular weight excluding hydrogens is 560 g/mol. The summed E-state index contributed by atoms with van der Waals surface area (Å²) in [4.78, 5) is 72.8. The average Bonchev–Trinajstić information content (AvgIpc) is 2.93. The lowest BCUT2D eigenvalue weighted by atomic mass is 9.84. The molecular formula is C27H34N10O6. The summed E-state index contributed by atoms with van der Waals surface area (Å²) in [7, 11) is 0. The summed E-state index contributed by atoms with van der Waals surface area (Å²) in [6, 6.07) is 12.1. The second-order valence-corrected chi connectivity index (χ2v) is 9.66. The van der Waals surface area contributed by atoms with Crippen molar-refractivity contribution in [3.63, 3.8) is 0 Å². The quantitative estimate of drug-likeness (QED) is 0.0671. The molecule has 1 aliphatic rings. The topological polar surface area (TPSA) is 265 Å². The number of carbonyl (C=O) groups is 5. The zero-order valence-electron chi connectivity index (χ0n) is 23.4. The van der Waals surface area contributed by atoms with Gasteiger partial charge in [0.1, 0.15) is 6.54 Å². The molecule has 11 N–H and O–H groups in total. The van der Waals surface area contributed by atoms with E-state index in [9.17, 15) is 29.1 Å². The summed E-state index contributed by atoms with van der Waals surface area (Å²) in [6.45, 7) is 0.585. The number of hydrogen-bond acceptors (Lipinski definition) is 8. The van der Waals surface area contributed by atoms with Gasteiger partial charge in [-0.05, 0) is 68.3 Å². The van der Waals surface area contributed by atoms with E-state index in [4.69, 9.17) is 22.9 Å². The number of Topliss-reactive ketones (excluding diaryl/α,β-unsaturated/α-hetero) is 1. The number of aliphatic imine (C=N–C) groups is 2. The maximum Gasteiger partial charge on any atom is 0.323 e. The van der Waals surface area contributed by atoms with Crippen LogP contribution in [-0.2, 0) is 14.4 Å². The minimum Gasteiger partial charge on any atom is -0.480 e. The molecule has 1 heterocycles. The lowest BCUT2D eigenvalue weighted by molar-refractivity contribution is -0.165. The van der Waals surface area contributed by atoms with Gasteiger partial charge in [-0.3, -0.25) is 29.4 Å². The predicted octanol–water partition coefficient (Wildman–Crippen LogP) is -1.09. The van der Waals surface area contributed by atoms with Crippen LogP contribution in [0.25, 0.3) is 0 Å². The van der Waals surface area contributed by atoms with Gasteiger partial charge in [0.2, 0.25) is 0 Å². The van der Waals surface area contributed by atoms with Crippen molar-refractivity contribution in [3.8, 4) is 0 Å². The number of carbonyl (C=O) groups excluding carboxylic acids is 4. The molecule has 0 saturated carbocycles. The van der Waals surface area contributed by atoms with E-state index in [1.807, 2.05) is 0 Å². The summed E-state index contributed by atoms with van der Waals surface area (Å²) >= 11 is 0. The van der Waals surface area contributed by atoms with E-state index in [1.54, 1.807) is 12.1 Å². The number of amides is 3. The maximum absolute atomic E-state index is 13.7.